The van der Waals surface area contributed by atoms with Crippen LogP contribution in [0.25, 0.3) is 10.8 Å². The maximum absolute atomic E-state index is 11.9. The van der Waals surface area contributed by atoms with Crippen LogP contribution in [-0.4, -0.2) is 35.9 Å². The lowest BCUT2D eigenvalue weighted by Gasteiger charge is -2.14. The molecule has 3 amide bonds. The third-order valence-corrected chi connectivity index (χ3v) is 4.42. The van der Waals surface area contributed by atoms with E-state index in [2.05, 4.69) is 5.32 Å². The van der Waals surface area contributed by atoms with E-state index in [-0.39, 0.29) is 23.4 Å². The van der Waals surface area contributed by atoms with Crippen LogP contribution >= 0.6 is 0 Å². The highest BCUT2D eigenvalue weighted by atomic mass is 32.2. The molecule has 0 radical (unpaired) electrons. The highest BCUT2D eigenvalue weighted by Gasteiger charge is 2.33. The van der Waals surface area contributed by atoms with Crippen LogP contribution in [0.1, 0.15) is 12.8 Å². The van der Waals surface area contributed by atoms with Crippen molar-refractivity contribution < 1.29 is 32.2 Å². The number of carbonyl (C=O) groups is 3. The Kier molecular flexibility index (Phi) is 4.15. The van der Waals surface area contributed by atoms with Gasteiger partial charge in [0, 0.05) is 18.2 Å². The quantitative estimate of drug-likeness (QED) is 0.626. The standard InChI is InChI=1S/C15H12N2O7S/c18-13-6-7-14(19)17(13)24-15(20)16-12-3-1-2-9-8-10(25(21,22)23)4-5-11(9)12/h1-5,8H,6-7H2,(H,16,20)(H,21,22,23). The summed E-state index contributed by atoms with van der Waals surface area (Å²) in [5, 5.41) is 3.73. The zero-order valence-corrected chi connectivity index (χ0v) is 13.4. The number of nitrogens with one attached hydrogen (secondary N) is 1. The summed E-state index contributed by atoms with van der Waals surface area (Å²) in [7, 11) is -4.35. The molecule has 0 unspecified atom stereocenters. The monoisotopic (exact) mass is 364 g/mol. The van der Waals surface area contributed by atoms with Gasteiger partial charge in [-0.15, -0.1) is 5.06 Å². The SMILES string of the molecule is O=C(Nc1cccc2cc(S(=O)(=O)O)ccc12)ON1C(=O)CCC1=O. The molecule has 1 saturated heterocycles. The highest BCUT2D eigenvalue weighted by molar-refractivity contribution is 7.85. The van der Waals surface area contributed by atoms with Crippen LogP contribution in [0.2, 0.25) is 0 Å². The average Bonchev–Trinajstić information content (AvgIpc) is 2.86. The minimum Gasteiger partial charge on any atom is -0.311 e. The number of hydrogen-bond donors (Lipinski definition) is 2. The van der Waals surface area contributed by atoms with Crippen molar-refractivity contribution in [2.45, 2.75) is 17.7 Å². The first-order valence-electron chi connectivity index (χ1n) is 7.11. The largest absolute Gasteiger partial charge is 0.436 e. The summed E-state index contributed by atoms with van der Waals surface area (Å²) >= 11 is 0. The zero-order valence-electron chi connectivity index (χ0n) is 12.6. The second-order valence-electron chi connectivity index (χ2n) is 5.25. The van der Waals surface area contributed by atoms with E-state index in [4.69, 9.17) is 9.39 Å². The lowest BCUT2D eigenvalue weighted by Crippen LogP contribution is -2.33. The highest BCUT2D eigenvalue weighted by Crippen LogP contribution is 2.26. The van der Waals surface area contributed by atoms with E-state index in [1.165, 1.54) is 24.3 Å². The number of fused-ring (bicyclic) bond motifs is 1. The molecule has 0 aromatic heterocycles. The van der Waals surface area contributed by atoms with Gasteiger partial charge in [0.05, 0.1) is 10.6 Å². The third-order valence-electron chi connectivity index (χ3n) is 3.57. The van der Waals surface area contributed by atoms with Crippen LogP contribution < -0.4 is 5.32 Å². The van der Waals surface area contributed by atoms with Gasteiger partial charge in [-0.2, -0.15) is 8.42 Å². The summed E-state index contributed by atoms with van der Waals surface area (Å²) in [5.74, 6) is -1.20. The predicted octanol–water partition coefficient (Wildman–Crippen LogP) is 1.70. The van der Waals surface area contributed by atoms with Gasteiger partial charge >= 0.3 is 6.09 Å². The van der Waals surface area contributed by atoms with Crippen molar-refractivity contribution in [3.63, 3.8) is 0 Å². The van der Waals surface area contributed by atoms with Crippen molar-refractivity contribution >= 4 is 44.5 Å². The van der Waals surface area contributed by atoms with E-state index in [0.29, 0.717) is 15.8 Å². The van der Waals surface area contributed by atoms with Crippen LogP contribution in [0, 0.1) is 0 Å². The van der Waals surface area contributed by atoms with Gasteiger partial charge in [-0.05, 0) is 23.6 Å². The number of imide groups is 1. The second kappa shape index (κ2) is 6.15. The Bertz CT molecular complexity index is 984. The minimum absolute atomic E-state index is 0.0151. The number of rotatable bonds is 3. The summed E-state index contributed by atoms with van der Waals surface area (Å²) in [6, 6.07) is 8.51. The van der Waals surface area contributed by atoms with E-state index >= 15 is 0 Å². The van der Waals surface area contributed by atoms with Gasteiger partial charge in [-0.3, -0.25) is 19.5 Å². The number of nitrogens with zero attached hydrogens (tertiary/aromatic N) is 1. The first-order chi connectivity index (χ1) is 11.8. The van der Waals surface area contributed by atoms with Crippen LogP contribution in [0.3, 0.4) is 0 Å². The molecule has 1 aliphatic heterocycles. The fourth-order valence-electron chi connectivity index (χ4n) is 2.40. The van der Waals surface area contributed by atoms with Gasteiger partial charge in [0.15, 0.2) is 0 Å². The normalized spacial score (nSPS) is 14.8. The van der Waals surface area contributed by atoms with E-state index in [1.807, 2.05) is 0 Å². The molecule has 25 heavy (non-hydrogen) atoms. The molecule has 0 spiro atoms. The second-order valence-corrected chi connectivity index (χ2v) is 6.67. The number of carbonyl (C=O) groups excluding carboxylic acids is 3. The lowest BCUT2D eigenvalue weighted by atomic mass is 10.1. The first-order valence-corrected chi connectivity index (χ1v) is 8.55. The Balaban J connectivity index is 1.85. The minimum atomic E-state index is -4.35. The fourth-order valence-corrected chi connectivity index (χ4v) is 2.92. The molecule has 0 bridgehead atoms. The van der Waals surface area contributed by atoms with Crippen molar-refractivity contribution in [3.05, 3.63) is 36.4 Å². The molecule has 1 heterocycles. The molecular formula is C15H12N2O7S. The Morgan fingerprint density at radius 1 is 1.12 bits per heavy atom. The Morgan fingerprint density at radius 3 is 2.44 bits per heavy atom. The van der Waals surface area contributed by atoms with Crippen molar-refractivity contribution in [1.29, 1.82) is 0 Å². The van der Waals surface area contributed by atoms with Gasteiger partial charge < -0.3 is 4.84 Å². The van der Waals surface area contributed by atoms with E-state index in [9.17, 15) is 22.8 Å². The van der Waals surface area contributed by atoms with Crippen LogP contribution in [0.15, 0.2) is 41.3 Å². The van der Waals surface area contributed by atoms with Gasteiger partial charge in [0.25, 0.3) is 21.9 Å². The molecule has 2 aromatic rings. The predicted molar refractivity (Wildman–Crippen MR) is 85.0 cm³/mol. The maximum Gasteiger partial charge on any atom is 0.436 e. The van der Waals surface area contributed by atoms with Gasteiger partial charge in [0.1, 0.15) is 0 Å². The van der Waals surface area contributed by atoms with E-state index in [1.54, 1.807) is 12.1 Å². The summed E-state index contributed by atoms with van der Waals surface area (Å²) in [6.45, 7) is 0. The smallest absolute Gasteiger partial charge is 0.311 e. The molecule has 0 aliphatic carbocycles. The number of benzene rings is 2. The molecule has 9 nitrogen and oxygen atoms in total. The van der Waals surface area contributed by atoms with Crippen LogP contribution in [0.4, 0.5) is 10.5 Å². The molecular weight excluding hydrogens is 352 g/mol. The number of amides is 3. The maximum atomic E-state index is 11.9. The topological polar surface area (TPSA) is 130 Å². The van der Waals surface area contributed by atoms with Crippen molar-refractivity contribution in [1.82, 2.24) is 5.06 Å². The molecule has 1 fully saturated rings. The van der Waals surface area contributed by atoms with Crippen molar-refractivity contribution in [3.8, 4) is 0 Å². The zero-order chi connectivity index (χ0) is 18.2. The van der Waals surface area contributed by atoms with Crippen molar-refractivity contribution in [2.24, 2.45) is 0 Å². The summed E-state index contributed by atoms with van der Waals surface area (Å²) in [5.41, 5.74) is 0.281. The molecule has 3 rings (SSSR count). The number of anilines is 1. The number of hydrogen-bond acceptors (Lipinski definition) is 6. The lowest BCUT2D eigenvalue weighted by molar-refractivity contribution is -0.170. The third kappa shape index (κ3) is 3.44. The Morgan fingerprint density at radius 2 is 1.80 bits per heavy atom. The molecule has 2 N–H and O–H groups in total. The summed E-state index contributed by atoms with van der Waals surface area (Å²) in [6.07, 6.45) is -1.06. The summed E-state index contributed by atoms with van der Waals surface area (Å²) in [4.78, 5) is 39.2. The molecule has 2 aromatic carbocycles. The molecule has 1 aliphatic rings. The van der Waals surface area contributed by atoms with Gasteiger partial charge in [-0.1, -0.05) is 18.2 Å². The number of hydroxylamine groups is 2. The Labute approximate surface area is 141 Å². The molecule has 10 heteroatoms. The average molecular weight is 364 g/mol. The molecule has 0 saturated carbocycles. The van der Waals surface area contributed by atoms with Gasteiger partial charge in [0.2, 0.25) is 0 Å². The van der Waals surface area contributed by atoms with E-state index in [0.717, 1.165) is 0 Å². The van der Waals surface area contributed by atoms with Crippen molar-refractivity contribution in [2.75, 3.05) is 5.32 Å². The Hall–Kier alpha value is -2.98. The van der Waals surface area contributed by atoms with E-state index < -0.39 is 28.0 Å². The molecule has 130 valence electrons. The van der Waals surface area contributed by atoms with Crippen LogP contribution in [0.5, 0.6) is 0 Å². The van der Waals surface area contributed by atoms with Gasteiger partial charge in [-0.25, -0.2) is 4.79 Å². The fraction of sp³-hybridized carbons (Fsp3) is 0.133. The van der Waals surface area contributed by atoms with Crippen LogP contribution in [-0.2, 0) is 24.5 Å². The molecule has 0 atom stereocenters. The first kappa shape index (κ1) is 16.9. The summed E-state index contributed by atoms with van der Waals surface area (Å²) < 4.78 is 31.5.